The second-order valence-corrected chi connectivity index (χ2v) is 1.34. The van der Waals surface area contributed by atoms with Gasteiger partial charge in [0.1, 0.15) is 6.26 Å². The lowest BCUT2D eigenvalue weighted by atomic mass is 10.7. The molecule has 12 heavy (non-hydrogen) atoms. The lowest BCUT2D eigenvalue weighted by Gasteiger charge is -1.89. The molecular formula is C7H12O5. The Morgan fingerprint density at radius 1 is 1.58 bits per heavy atom. The highest BCUT2D eigenvalue weighted by Crippen LogP contribution is 1.77. The van der Waals surface area contributed by atoms with Crippen molar-refractivity contribution in [2.24, 2.45) is 0 Å². The predicted molar refractivity (Wildman–Crippen MR) is 41.8 cm³/mol. The highest BCUT2D eigenvalue weighted by Gasteiger charge is 1.73. The van der Waals surface area contributed by atoms with Gasteiger partial charge in [0.2, 0.25) is 0 Å². The van der Waals surface area contributed by atoms with Crippen molar-refractivity contribution in [3.63, 3.8) is 0 Å². The Morgan fingerprint density at radius 3 is 2.33 bits per heavy atom. The highest BCUT2D eigenvalue weighted by molar-refractivity contribution is 5.78. The molecule has 0 bridgehead atoms. The molecule has 70 valence electrons. The lowest BCUT2D eigenvalue weighted by Crippen LogP contribution is -1.82. The van der Waals surface area contributed by atoms with E-state index in [0.717, 1.165) is 6.08 Å². The van der Waals surface area contributed by atoms with Crippen LogP contribution in [0.4, 0.5) is 0 Å². The van der Waals surface area contributed by atoms with Gasteiger partial charge in [-0.2, -0.15) is 4.89 Å². The van der Waals surface area contributed by atoms with Crippen LogP contribution in [-0.2, 0) is 19.6 Å². The second-order valence-electron chi connectivity index (χ2n) is 1.34. The maximum Gasteiger partial charge on any atom is 0.327 e. The molecule has 0 saturated heterocycles. The summed E-state index contributed by atoms with van der Waals surface area (Å²) in [6, 6.07) is 0. The first-order valence-corrected chi connectivity index (χ1v) is 3.01. The molecule has 0 saturated carbocycles. The summed E-state index contributed by atoms with van der Waals surface area (Å²) in [6.07, 6.45) is 3.88. The fourth-order valence-corrected chi connectivity index (χ4v) is 0.118. The quantitative estimate of drug-likeness (QED) is 0.230. The molecule has 5 nitrogen and oxygen atoms in total. The molecule has 0 amide bonds. The topological polar surface area (TPSA) is 65.0 Å². The van der Waals surface area contributed by atoms with Crippen LogP contribution in [0.25, 0.3) is 0 Å². The summed E-state index contributed by atoms with van der Waals surface area (Å²) in [5, 5.41) is 11.6. The number of aliphatic carboxylic acids is 1. The molecule has 0 aromatic heterocycles. The molecule has 0 aromatic carbocycles. The second kappa shape index (κ2) is 12.4. The zero-order chi connectivity index (χ0) is 9.82. The third-order valence-electron chi connectivity index (χ3n) is 0.474. The Labute approximate surface area is 70.7 Å². The van der Waals surface area contributed by atoms with Crippen LogP contribution in [0, 0.1) is 0 Å². The summed E-state index contributed by atoms with van der Waals surface area (Å²) in [4.78, 5) is 17.5. The molecule has 0 aromatic rings. The molecule has 1 N–H and O–H groups in total. The van der Waals surface area contributed by atoms with E-state index in [9.17, 15) is 4.79 Å². The van der Waals surface area contributed by atoms with E-state index in [-0.39, 0.29) is 0 Å². The van der Waals surface area contributed by atoms with Crippen molar-refractivity contribution in [1.29, 1.82) is 0 Å². The fraction of sp³-hybridized carbons (Fsp3) is 0.286. The molecule has 0 unspecified atom stereocenters. The Bertz CT molecular complexity index is 141. The number of carboxylic acids is 1. The fourth-order valence-electron chi connectivity index (χ4n) is 0.118. The van der Waals surface area contributed by atoms with E-state index in [4.69, 9.17) is 5.11 Å². The maximum atomic E-state index is 9.25. The van der Waals surface area contributed by atoms with Crippen molar-refractivity contribution in [3.8, 4) is 0 Å². The minimum absolute atomic E-state index is 0.833. The molecule has 0 aliphatic carbocycles. The molecule has 0 radical (unpaired) electrons. The van der Waals surface area contributed by atoms with E-state index in [0.29, 0.717) is 0 Å². The minimum Gasteiger partial charge on any atom is -0.478 e. The summed E-state index contributed by atoms with van der Waals surface area (Å²) in [5.74, 6) is -0.981. The van der Waals surface area contributed by atoms with E-state index < -0.39 is 5.97 Å². The van der Waals surface area contributed by atoms with Crippen molar-refractivity contribution in [3.05, 3.63) is 25.0 Å². The van der Waals surface area contributed by atoms with Crippen molar-refractivity contribution >= 4 is 5.97 Å². The van der Waals surface area contributed by atoms with Gasteiger partial charge in [0.25, 0.3) is 0 Å². The van der Waals surface area contributed by atoms with Crippen LogP contribution < -0.4 is 0 Å². The molecule has 0 heterocycles. The van der Waals surface area contributed by atoms with Gasteiger partial charge in [-0.05, 0) is 18.0 Å². The van der Waals surface area contributed by atoms with Gasteiger partial charge in [0.05, 0.1) is 7.11 Å². The highest BCUT2D eigenvalue weighted by atomic mass is 17.5. The van der Waals surface area contributed by atoms with E-state index >= 15 is 0 Å². The first kappa shape index (κ1) is 13.3. The molecule has 0 spiro atoms. The van der Waals surface area contributed by atoms with Gasteiger partial charge < -0.3 is 9.99 Å². The molecular weight excluding hydrogens is 164 g/mol. The Kier molecular flexibility index (Phi) is 13.7. The SMILES string of the molecule is C=CC(=O)O.CC=COOOC. The monoisotopic (exact) mass is 176 g/mol. The van der Waals surface area contributed by atoms with Crippen LogP contribution in [0.2, 0.25) is 0 Å². The van der Waals surface area contributed by atoms with E-state index in [2.05, 4.69) is 21.4 Å². The van der Waals surface area contributed by atoms with Gasteiger partial charge in [-0.3, -0.25) is 0 Å². The largest absolute Gasteiger partial charge is 0.478 e. The summed E-state index contributed by atoms with van der Waals surface area (Å²) in [7, 11) is 1.36. The first-order chi connectivity index (χ1) is 5.68. The standard InChI is InChI=1S/C4H8O3.C3H4O2/c1-3-4-6-7-5-2;1-2-3(4)5/h3-4H,1-2H3;2H,1H2,(H,4,5). The Hall–Kier alpha value is -1.33. The molecule has 0 aliphatic heterocycles. The Balaban J connectivity index is 0. The summed E-state index contributed by atoms with van der Waals surface area (Å²) in [6.45, 7) is 4.77. The van der Waals surface area contributed by atoms with Gasteiger partial charge in [0.15, 0.2) is 0 Å². The summed E-state index contributed by atoms with van der Waals surface area (Å²) in [5.41, 5.74) is 0. The molecule has 0 fully saturated rings. The summed E-state index contributed by atoms with van der Waals surface area (Å²) >= 11 is 0. The number of hydrogen-bond acceptors (Lipinski definition) is 4. The van der Waals surface area contributed by atoms with Gasteiger partial charge in [-0.1, -0.05) is 6.58 Å². The number of carboxylic acid groups (broad SMARTS) is 1. The average molecular weight is 176 g/mol. The van der Waals surface area contributed by atoms with Crippen molar-refractivity contribution in [1.82, 2.24) is 0 Å². The predicted octanol–water partition coefficient (Wildman–Crippen LogP) is 1.29. The van der Waals surface area contributed by atoms with Crippen LogP contribution in [0.15, 0.2) is 25.0 Å². The minimum atomic E-state index is -0.981. The molecule has 0 rings (SSSR count). The van der Waals surface area contributed by atoms with Gasteiger partial charge >= 0.3 is 5.97 Å². The number of carbonyl (C=O) groups is 1. The zero-order valence-corrected chi connectivity index (χ0v) is 7.02. The van der Waals surface area contributed by atoms with Crippen LogP contribution >= 0.6 is 0 Å². The molecule has 5 heteroatoms. The van der Waals surface area contributed by atoms with E-state index in [1.165, 1.54) is 13.4 Å². The normalized spacial score (nSPS) is 8.50. The van der Waals surface area contributed by atoms with E-state index in [1.807, 2.05) is 0 Å². The van der Waals surface area contributed by atoms with Crippen LogP contribution in [0.5, 0.6) is 0 Å². The van der Waals surface area contributed by atoms with Gasteiger partial charge in [-0.15, -0.1) is 0 Å². The van der Waals surface area contributed by atoms with Crippen molar-refractivity contribution < 1.29 is 24.7 Å². The van der Waals surface area contributed by atoms with E-state index in [1.54, 1.807) is 13.0 Å². The van der Waals surface area contributed by atoms with Gasteiger partial charge in [0, 0.05) is 6.08 Å². The van der Waals surface area contributed by atoms with Crippen LogP contribution in [0.3, 0.4) is 0 Å². The smallest absolute Gasteiger partial charge is 0.327 e. The van der Waals surface area contributed by atoms with Crippen molar-refractivity contribution in [2.75, 3.05) is 7.11 Å². The zero-order valence-electron chi connectivity index (χ0n) is 7.02. The Morgan fingerprint density at radius 2 is 2.08 bits per heavy atom. The summed E-state index contributed by atoms with van der Waals surface area (Å²) < 4.78 is 0. The van der Waals surface area contributed by atoms with Crippen LogP contribution in [-0.4, -0.2) is 18.2 Å². The maximum absolute atomic E-state index is 9.25. The molecule has 0 atom stereocenters. The van der Waals surface area contributed by atoms with Crippen LogP contribution in [0.1, 0.15) is 6.92 Å². The van der Waals surface area contributed by atoms with Gasteiger partial charge in [-0.25, -0.2) is 4.79 Å². The van der Waals surface area contributed by atoms with Crippen molar-refractivity contribution in [2.45, 2.75) is 6.92 Å². The number of allylic oxidation sites excluding steroid dienone is 1. The average Bonchev–Trinajstić information content (AvgIpc) is 2.07. The lowest BCUT2D eigenvalue weighted by molar-refractivity contribution is -0.478. The number of hydrogen-bond donors (Lipinski definition) is 1. The number of rotatable bonds is 4. The third kappa shape index (κ3) is 23.4. The first-order valence-electron chi connectivity index (χ1n) is 3.01. The third-order valence-corrected chi connectivity index (χ3v) is 0.474. The molecule has 0 aliphatic rings.